The number of nitrogens with one attached hydrogen (secondary N) is 2. The van der Waals surface area contributed by atoms with Gasteiger partial charge in [-0.15, -0.1) is 0 Å². The van der Waals surface area contributed by atoms with E-state index < -0.39 is 0 Å². The van der Waals surface area contributed by atoms with Gasteiger partial charge in [-0.1, -0.05) is 36.4 Å². The molecule has 1 unspecified atom stereocenters. The molecule has 0 aliphatic heterocycles. The Bertz CT molecular complexity index is 926. The van der Waals surface area contributed by atoms with E-state index >= 15 is 0 Å². The van der Waals surface area contributed by atoms with Crippen LogP contribution in [0.1, 0.15) is 18.1 Å². The van der Waals surface area contributed by atoms with Crippen molar-refractivity contribution < 1.29 is 9.13 Å². The topological polar surface area (TPSA) is 63.5 Å². The molecular formula is C22H26FN5O. The van der Waals surface area contributed by atoms with E-state index in [0.717, 1.165) is 0 Å². The number of hydrogen-bond donors (Lipinski definition) is 2. The molecule has 152 valence electrons. The maximum absolute atomic E-state index is 13.7. The van der Waals surface area contributed by atoms with Crippen LogP contribution in [0.25, 0.3) is 0 Å². The van der Waals surface area contributed by atoms with E-state index in [1.165, 1.54) is 17.2 Å². The minimum absolute atomic E-state index is 0.224. The summed E-state index contributed by atoms with van der Waals surface area (Å²) in [7, 11) is 1.72. The van der Waals surface area contributed by atoms with Crippen LogP contribution in [0.3, 0.4) is 0 Å². The number of ether oxygens (including phenoxy) is 1. The average molecular weight is 395 g/mol. The second-order valence-electron chi connectivity index (χ2n) is 6.64. The summed E-state index contributed by atoms with van der Waals surface area (Å²) in [6, 6.07) is 16.5. The van der Waals surface area contributed by atoms with Crippen molar-refractivity contribution in [3.63, 3.8) is 0 Å². The number of rotatable bonds is 8. The van der Waals surface area contributed by atoms with Gasteiger partial charge < -0.3 is 15.4 Å². The molecule has 0 spiro atoms. The number of hydrogen-bond acceptors (Lipinski definition) is 3. The summed E-state index contributed by atoms with van der Waals surface area (Å²) in [6.07, 6.45) is 3.50. The molecular weight excluding hydrogens is 369 g/mol. The summed E-state index contributed by atoms with van der Waals surface area (Å²) in [5, 5.41) is 10.8. The standard InChI is InChI=1S/C22H26FN5O/c1-17(29-21-11-6-5-10-20(21)23)14-25-22(24-2)26-15-18-8-3-4-9-19(18)16-28-13-7-12-27-28/h3-13,17H,14-16H2,1-2H3,(H2,24,25,26). The van der Waals surface area contributed by atoms with Gasteiger partial charge in [0.1, 0.15) is 6.10 Å². The highest BCUT2D eigenvalue weighted by molar-refractivity contribution is 5.79. The van der Waals surface area contributed by atoms with Crippen molar-refractivity contribution in [2.45, 2.75) is 26.1 Å². The number of benzene rings is 2. The van der Waals surface area contributed by atoms with Crippen LogP contribution in [0.2, 0.25) is 0 Å². The van der Waals surface area contributed by atoms with Crippen molar-refractivity contribution in [2.24, 2.45) is 4.99 Å². The van der Waals surface area contributed by atoms with Gasteiger partial charge in [-0.05, 0) is 36.2 Å². The van der Waals surface area contributed by atoms with Crippen molar-refractivity contribution in [1.82, 2.24) is 20.4 Å². The monoisotopic (exact) mass is 395 g/mol. The Morgan fingerprint density at radius 1 is 1.10 bits per heavy atom. The molecule has 0 amide bonds. The van der Waals surface area contributed by atoms with E-state index in [1.807, 2.05) is 36.0 Å². The van der Waals surface area contributed by atoms with Gasteiger partial charge in [0, 0.05) is 26.0 Å². The molecule has 3 rings (SSSR count). The molecule has 0 saturated heterocycles. The molecule has 3 aromatic rings. The number of halogens is 1. The minimum atomic E-state index is -0.365. The summed E-state index contributed by atoms with van der Waals surface area (Å²) in [6.45, 7) is 3.71. The second-order valence-corrected chi connectivity index (χ2v) is 6.64. The van der Waals surface area contributed by atoms with E-state index in [-0.39, 0.29) is 17.7 Å². The molecule has 29 heavy (non-hydrogen) atoms. The van der Waals surface area contributed by atoms with Gasteiger partial charge in [-0.25, -0.2) is 4.39 Å². The number of guanidine groups is 1. The number of nitrogens with zero attached hydrogens (tertiary/aromatic N) is 3. The van der Waals surface area contributed by atoms with Gasteiger partial charge in [0.05, 0.1) is 13.1 Å². The molecule has 1 heterocycles. The van der Waals surface area contributed by atoms with Gasteiger partial charge >= 0.3 is 0 Å². The Balaban J connectivity index is 1.51. The highest BCUT2D eigenvalue weighted by atomic mass is 19.1. The Hall–Kier alpha value is -3.35. The summed E-state index contributed by atoms with van der Waals surface area (Å²) in [5.41, 5.74) is 2.36. The third-order valence-electron chi connectivity index (χ3n) is 4.40. The highest BCUT2D eigenvalue weighted by Gasteiger charge is 2.09. The first-order valence-electron chi connectivity index (χ1n) is 9.55. The maximum atomic E-state index is 13.7. The molecule has 0 bridgehead atoms. The lowest BCUT2D eigenvalue weighted by Crippen LogP contribution is -2.41. The number of aliphatic imine (C=N–C) groups is 1. The molecule has 0 fully saturated rings. The summed E-state index contributed by atoms with van der Waals surface area (Å²) in [4.78, 5) is 4.25. The first kappa shape index (κ1) is 20.4. The predicted octanol–water partition coefficient (Wildman–Crippen LogP) is 3.20. The third kappa shape index (κ3) is 6.07. The normalized spacial score (nSPS) is 12.4. The zero-order valence-electron chi connectivity index (χ0n) is 16.7. The van der Waals surface area contributed by atoms with Gasteiger partial charge in [0.25, 0.3) is 0 Å². The Morgan fingerprint density at radius 2 is 1.86 bits per heavy atom. The predicted molar refractivity (Wildman–Crippen MR) is 112 cm³/mol. The average Bonchev–Trinajstić information content (AvgIpc) is 3.24. The first-order valence-corrected chi connectivity index (χ1v) is 9.55. The third-order valence-corrected chi connectivity index (χ3v) is 4.40. The molecule has 0 aliphatic rings. The van der Waals surface area contributed by atoms with Crippen molar-refractivity contribution >= 4 is 5.96 Å². The lowest BCUT2D eigenvalue weighted by molar-refractivity contribution is 0.214. The summed E-state index contributed by atoms with van der Waals surface area (Å²) >= 11 is 0. The molecule has 1 aromatic heterocycles. The summed E-state index contributed by atoms with van der Waals surface area (Å²) < 4.78 is 21.3. The van der Waals surface area contributed by atoms with Crippen LogP contribution >= 0.6 is 0 Å². The molecule has 6 nitrogen and oxygen atoms in total. The fourth-order valence-corrected chi connectivity index (χ4v) is 2.89. The van der Waals surface area contributed by atoms with Crippen LogP contribution in [0.4, 0.5) is 4.39 Å². The largest absolute Gasteiger partial charge is 0.486 e. The molecule has 7 heteroatoms. The van der Waals surface area contributed by atoms with E-state index in [1.54, 1.807) is 31.4 Å². The van der Waals surface area contributed by atoms with Crippen LogP contribution in [0.15, 0.2) is 72.0 Å². The van der Waals surface area contributed by atoms with Crippen LogP contribution in [0.5, 0.6) is 5.75 Å². The zero-order valence-corrected chi connectivity index (χ0v) is 16.7. The summed E-state index contributed by atoms with van der Waals surface area (Å²) in [5.74, 6) is 0.538. The van der Waals surface area contributed by atoms with Crippen molar-refractivity contribution in [3.05, 3.63) is 83.9 Å². The quantitative estimate of drug-likeness (QED) is 0.454. The molecule has 0 radical (unpaired) electrons. The van der Waals surface area contributed by atoms with E-state index in [0.29, 0.717) is 25.6 Å². The molecule has 2 N–H and O–H groups in total. The van der Waals surface area contributed by atoms with Crippen LogP contribution in [-0.4, -0.2) is 35.4 Å². The zero-order chi connectivity index (χ0) is 20.5. The Morgan fingerprint density at radius 3 is 2.59 bits per heavy atom. The van der Waals surface area contributed by atoms with Gasteiger partial charge in [0.2, 0.25) is 0 Å². The van der Waals surface area contributed by atoms with Crippen molar-refractivity contribution in [1.29, 1.82) is 0 Å². The fourth-order valence-electron chi connectivity index (χ4n) is 2.89. The number of para-hydroxylation sites is 1. The van der Waals surface area contributed by atoms with Crippen LogP contribution in [-0.2, 0) is 13.1 Å². The minimum Gasteiger partial charge on any atom is -0.486 e. The molecule has 2 aromatic carbocycles. The molecule has 1 atom stereocenters. The van der Waals surface area contributed by atoms with Gasteiger partial charge in [-0.3, -0.25) is 9.67 Å². The number of aromatic nitrogens is 2. The van der Waals surface area contributed by atoms with Crippen LogP contribution < -0.4 is 15.4 Å². The first-order chi connectivity index (χ1) is 14.2. The van der Waals surface area contributed by atoms with Crippen molar-refractivity contribution in [3.8, 4) is 5.75 Å². The highest BCUT2D eigenvalue weighted by Crippen LogP contribution is 2.16. The Labute approximate surface area is 170 Å². The van der Waals surface area contributed by atoms with Crippen LogP contribution in [0, 0.1) is 5.82 Å². The lowest BCUT2D eigenvalue weighted by Gasteiger charge is -2.18. The van der Waals surface area contributed by atoms with E-state index in [4.69, 9.17) is 4.74 Å². The smallest absolute Gasteiger partial charge is 0.191 e. The lowest BCUT2D eigenvalue weighted by atomic mass is 10.1. The molecule has 0 aliphatic carbocycles. The van der Waals surface area contributed by atoms with Crippen molar-refractivity contribution in [2.75, 3.05) is 13.6 Å². The SMILES string of the molecule is CN=C(NCc1ccccc1Cn1cccn1)NCC(C)Oc1ccccc1F. The second kappa shape index (κ2) is 10.3. The van der Waals surface area contributed by atoms with Gasteiger partial charge in [0.15, 0.2) is 17.5 Å². The van der Waals surface area contributed by atoms with Gasteiger partial charge in [-0.2, -0.15) is 5.10 Å². The molecule has 0 saturated carbocycles. The fraction of sp³-hybridized carbons (Fsp3) is 0.273. The van der Waals surface area contributed by atoms with E-state index in [9.17, 15) is 4.39 Å². The van der Waals surface area contributed by atoms with E-state index in [2.05, 4.69) is 32.9 Å². The maximum Gasteiger partial charge on any atom is 0.191 e. The Kier molecular flexibility index (Phi) is 7.22.